The molecule has 0 heterocycles. The van der Waals surface area contributed by atoms with Crippen LogP contribution in [-0.2, 0) is 25.7 Å². The lowest BCUT2D eigenvalue weighted by Crippen LogP contribution is -2.19. The molecule has 2 aliphatic rings. The number of hydrogen-bond donors (Lipinski definition) is 0. The highest BCUT2D eigenvalue weighted by Gasteiger charge is 2.30. The van der Waals surface area contributed by atoms with Gasteiger partial charge in [0.05, 0.1) is 22.7 Å². The van der Waals surface area contributed by atoms with Gasteiger partial charge in [0.15, 0.2) is 0 Å². The third kappa shape index (κ3) is 4.56. The van der Waals surface area contributed by atoms with Crippen LogP contribution in [0, 0.1) is 0 Å². The van der Waals surface area contributed by atoms with Gasteiger partial charge in [0, 0.05) is 16.9 Å². The zero-order chi connectivity index (χ0) is 33.0. The standard InChI is InChI=1S/C48H36N2/c1-4-13-33(14-5-1)40-23-12-24-45(49(38-19-6-2-7-20-38)43-31-27-36-17-10-15-34-25-29-41(43)46(34)36)48(40)50(39-21-8-3-9-22-39)44-32-28-37-18-11-16-35-26-30-42(44)47(35)37/h1-24,27-28,31-32H,25-26,29-30H2. The average molecular weight is 641 g/mol. The van der Waals surface area contributed by atoms with Crippen molar-refractivity contribution in [2.45, 2.75) is 25.7 Å². The number of nitrogens with zero attached hydrogens (tertiary/aromatic N) is 2. The molecule has 0 aromatic heterocycles. The van der Waals surface area contributed by atoms with Crippen LogP contribution in [-0.4, -0.2) is 0 Å². The Bertz CT molecular complexity index is 2540. The summed E-state index contributed by atoms with van der Waals surface area (Å²) in [6.07, 6.45) is 4.20. The Kier molecular flexibility index (Phi) is 6.80. The Labute approximate surface area is 293 Å². The molecular formula is C48H36N2. The molecule has 0 spiro atoms. The fraction of sp³-hybridized carbons (Fsp3) is 0.0833. The van der Waals surface area contributed by atoms with Crippen molar-refractivity contribution in [3.63, 3.8) is 0 Å². The van der Waals surface area contributed by atoms with Gasteiger partial charge in [0.2, 0.25) is 0 Å². The Balaban J connectivity index is 1.32. The van der Waals surface area contributed by atoms with Gasteiger partial charge < -0.3 is 9.80 Å². The van der Waals surface area contributed by atoms with E-state index >= 15 is 0 Å². The zero-order valence-corrected chi connectivity index (χ0v) is 27.9. The lowest BCUT2D eigenvalue weighted by molar-refractivity contribution is 1.02. The number of hydrogen-bond acceptors (Lipinski definition) is 2. The fourth-order valence-corrected chi connectivity index (χ4v) is 8.66. The maximum Gasteiger partial charge on any atom is 0.0781 e. The Morgan fingerprint density at radius 2 is 0.840 bits per heavy atom. The third-order valence-corrected chi connectivity index (χ3v) is 10.8. The molecule has 0 unspecified atom stereocenters. The van der Waals surface area contributed by atoms with Crippen molar-refractivity contribution < 1.29 is 0 Å². The molecule has 0 saturated heterocycles. The molecular weight excluding hydrogens is 605 g/mol. The summed E-state index contributed by atoms with van der Waals surface area (Å²) in [6.45, 7) is 0. The van der Waals surface area contributed by atoms with Crippen molar-refractivity contribution in [3.05, 3.63) is 192 Å². The predicted molar refractivity (Wildman–Crippen MR) is 211 cm³/mol. The van der Waals surface area contributed by atoms with Crippen LogP contribution >= 0.6 is 0 Å². The first kappa shape index (κ1) is 28.9. The number of anilines is 6. The summed E-state index contributed by atoms with van der Waals surface area (Å²) in [6, 6.07) is 62.6. The topological polar surface area (TPSA) is 6.48 Å². The van der Waals surface area contributed by atoms with E-state index in [0.29, 0.717) is 0 Å². The number of aryl methyl sites for hydroxylation is 4. The molecule has 0 amide bonds. The largest absolute Gasteiger partial charge is 0.308 e. The van der Waals surface area contributed by atoms with Crippen molar-refractivity contribution in [2.24, 2.45) is 0 Å². The van der Waals surface area contributed by atoms with E-state index in [-0.39, 0.29) is 0 Å². The van der Waals surface area contributed by atoms with Crippen LogP contribution in [0.2, 0.25) is 0 Å². The number of rotatable bonds is 7. The highest BCUT2D eigenvalue weighted by molar-refractivity contribution is 6.05. The van der Waals surface area contributed by atoms with E-state index in [1.807, 2.05) is 0 Å². The maximum atomic E-state index is 2.55. The van der Waals surface area contributed by atoms with E-state index in [1.165, 1.54) is 72.0 Å². The summed E-state index contributed by atoms with van der Waals surface area (Å²) in [7, 11) is 0. The summed E-state index contributed by atoms with van der Waals surface area (Å²) in [4.78, 5) is 5.08. The second-order valence-corrected chi connectivity index (χ2v) is 13.5. The molecule has 10 rings (SSSR count). The Hall–Kier alpha value is -6.12. The summed E-state index contributed by atoms with van der Waals surface area (Å²) in [5.41, 5.74) is 15.3. The highest BCUT2D eigenvalue weighted by atomic mass is 15.2. The van der Waals surface area contributed by atoms with Crippen molar-refractivity contribution in [1.82, 2.24) is 0 Å². The molecule has 2 heteroatoms. The minimum Gasteiger partial charge on any atom is -0.308 e. The lowest BCUT2D eigenvalue weighted by Gasteiger charge is -2.36. The molecule has 238 valence electrons. The van der Waals surface area contributed by atoms with Crippen molar-refractivity contribution in [3.8, 4) is 11.1 Å². The predicted octanol–water partition coefficient (Wildman–Crippen LogP) is 12.8. The van der Waals surface area contributed by atoms with E-state index in [9.17, 15) is 0 Å². The van der Waals surface area contributed by atoms with E-state index < -0.39 is 0 Å². The second-order valence-electron chi connectivity index (χ2n) is 13.5. The zero-order valence-electron chi connectivity index (χ0n) is 27.9. The Morgan fingerprint density at radius 3 is 1.42 bits per heavy atom. The summed E-state index contributed by atoms with van der Waals surface area (Å²) in [5.74, 6) is 0. The van der Waals surface area contributed by atoms with Crippen LogP contribution in [0.1, 0.15) is 22.3 Å². The summed E-state index contributed by atoms with van der Waals surface area (Å²) >= 11 is 0. The van der Waals surface area contributed by atoms with Gasteiger partial charge in [-0.25, -0.2) is 0 Å². The van der Waals surface area contributed by atoms with Crippen LogP contribution in [0.4, 0.5) is 34.1 Å². The van der Waals surface area contributed by atoms with Crippen LogP contribution in [0.3, 0.4) is 0 Å². The third-order valence-electron chi connectivity index (χ3n) is 10.8. The van der Waals surface area contributed by atoms with E-state index in [2.05, 4.69) is 180 Å². The molecule has 50 heavy (non-hydrogen) atoms. The van der Waals surface area contributed by atoms with E-state index in [0.717, 1.165) is 42.7 Å². The fourth-order valence-electron chi connectivity index (χ4n) is 8.66. The van der Waals surface area contributed by atoms with Crippen molar-refractivity contribution >= 4 is 55.7 Å². The van der Waals surface area contributed by atoms with Gasteiger partial charge in [-0.05, 0) is 118 Å². The van der Waals surface area contributed by atoms with Crippen molar-refractivity contribution in [1.29, 1.82) is 0 Å². The van der Waals surface area contributed by atoms with Gasteiger partial charge in [0.1, 0.15) is 0 Å². The number of para-hydroxylation sites is 3. The summed E-state index contributed by atoms with van der Waals surface area (Å²) in [5, 5.41) is 5.48. The molecule has 0 aliphatic heterocycles. The van der Waals surface area contributed by atoms with Crippen LogP contribution in [0.15, 0.2) is 170 Å². The second kappa shape index (κ2) is 11.8. The first-order valence-electron chi connectivity index (χ1n) is 17.8. The molecule has 8 aromatic carbocycles. The first-order valence-corrected chi connectivity index (χ1v) is 17.8. The molecule has 2 nitrogen and oxygen atoms in total. The smallest absolute Gasteiger partial charge is 0.0781 e. The molecule has 2 aliphatic carbocycles. The molecule has 0 N–H and O–H groups in total. The van der Waals surface area contributed by atoms with Crippen LogP contribution in [0.5, 0.6) is 0 Å². The van der Waals surface area contributed by atoms with Crippen LogP contribution < -0.4 is 9.80 Å². The van der Waals surface area contributed by atoms with Gasteiger partial charge in [-0.2, -0.15) is 0 Å². The van der Waals surface area contributed by atoms with Gasteiger partial charge in [-0.3, -0.25) is 0 Å². The lowest BCUT2D eigenvalue weighted by atomic mass is 9.96. The van der Waals surface area contributed by atoms with Crippen molar-refractivity contribution in [2.75, 3.05) is 9.80 Å². The van der Waals surface area contributed by atoms with Gasteiger partial charge in [-0.15, -0.1) is 0 Å². The number of benzene rings is 8. The highest BCUT2D eigenvalue weighted by Crippen LogP contribution is 2.53. The molecule has 0 saturated carbocycles. The maximum absolute atomic E-state index is 2.55. The molecule has 0 radical (unpaired) electrons. The minimum absolute atomic E-state index is 1.03. The van der Waals surface area contributed by atoms with E-state index in [4.69, 9.17) is 0 Å². The van der Waals surface area contributed by atoms with Gasteiger partial charge in [-0.1, -0.05) is 127 Å². The normalized spacial score (nSPS) is 12.9. The van der Waals surface area contributed by atoms with Gasteiger partial charge >= 0.3 is 0 Å². The first-order chi connectivity index (χ1) is 24.8. The molecule has 0 bridgehead atoms. The molecule has 0 atom stereocenters. The summed E-state index contributed by atoms with van der Waals surface area (Å²) < 4.78 is 0. The van der Waals surface area contributed by atoms with E-state index in [1.54, 1.807) is 0 Å². The SMILES string of the molecule is c1ccc(-c2cccc(N(c3ccccc3)c3ccc4cccc5c4c3CC5)c2N(c2ccccc2)c2ccc3cccc4c3c2CC4)cc1. The molecule has 8 aromatic rings. The molecule has 0 fully saturated rings. The van der Waals surface area contributed by atoms with Crippen LogP contribution in [0.25, 0.3) is 32.7 Å². The monoisotopic (exact) mass is 640 g/mol. The quantitative estimate of drug-likeness (QED) is 0.171. The minimum atomic E-state index is 1.03. The Morgan fingerprint density at radius 1 is 0.340 bits per heavy atom. The van der Waals surface area contributed by atoms with Gasteiger partial charge in [0.25, 0.3) is 0 Å². The average Bonchev–Trinajstić information content (AvgIpc) is 3.83.